The van der Waals surface area contributed by atoms with Crippen molar-refractivity contribution < 1.29 is 38.4 Å². The fourth-order valence-corrected chi connectivity index (χ4v) is 3.59. The van der Waals surface area contributed by atoms with E-state index in [1.165, 1.54) is 6.07 Å². The van der Waals surface area contributed by atoms with Crippen LogP contribution in [0.2, 0.25) is 0 Å². The van der Waals surface area contributed by atoms with E-state index in [0.717, 1.165) is 11.1 Å². The zero-order chi connectivity index (χ0) is 22.2. The summed E-state index contributed by atoms with van der Waals surface area (Å²) in [4.78, 5) is 35.4. The molecule has 32 heavy (non-hydrogen) atoms. The summed E-state index contributed by atoms with van der Waals surface area (Å²) in [5, 5.41) is 9.75. The van der Waals surface area contributed by atoms with Crippen molar-refractivity contribution >= 4 is 17.9 Å². The lowest BCUT2D eigenvalue weighted by molar-refractivity contribution is -0.0548. The highest BCUT2D eigenvalue weighted by Crippen LogP contribution is 2.35. The molecular weight excluding hydrogens is 416 g/mol. The molecule has 5 rings (SSSR count). The van der Waals surface area contributed by atoms with Crippen LogP contribution in [-0.2, 0) is 22.7 Å². The van der Waals surface area contributed by atoms with Crippen molar-refractivity contribution in [2.45, 2.75) is 19.5 Å². The lowest BCUT2D eigenvalue weighted by atomic mass is 10.1. The zero-order valence-electron chi connectivity index (χ0n) is 16.6. The van der Waals surface area contributed by atoms with Gasteiger partial charge in [0, 0.05) is 5.56 Å². The Hall–Kier alpha value is -4.17. The molecule has 3 aromatic carbocycles. The van der Waals surface area contributed by atoms with Gasteiger partial charge in [0.05, 0.1) is 5.56 Å². The van der Waals surface area contributed by atoms with E-state index < -0.39 is 24.2 Å². The number of fused-ring (bicyclic) bond motifs is 2. The van der Waals surface area contributed by atoms with Crippen LogP contribution in [0.15, 0.2) is 60.7 Å². The number of cyclic esters (lactones) is 3. The average Bonchev–Trinajstić information content (AvgIpc) is 3.26. The lowest BCUT2D eigenvalue weighted by Crippen LogP contribution is -2.03. The van der Waals surface area contributed by atoms with E-state index in [2.05, 4.69) is 4.74 Å². The van der Waals surface area contributed by atoms with Gasteiger partial charge in [0.15, 0.2) is 0 Å². The second-order valence-corrected chi connectivity index (χ2v) is 7.23. The van der Waals surface area contributed by atoms with Crippen molar-refractivity contribution in [2.75, 3.05) is 0 Å². The van der Waals surface area contributed by atoms with E-state index >= 15 is 0 Å². The Bertz CT molecular complexity index is 1250. The summed E-state index contributed by atoms with van der Waals surface area (Å²) >= 11 is 0. The Kier molecular flexibility index (Phi) is 4.84. The molecule has 160 valence electrons. The monoisotopic (exact) mass is 432 g/mol. The van der Waals surface area contributed by atoms with Gasteiger partial charge in [-0.3, -0.25) is 0 Å². The summed E-state index contributed by atoms with van der Waals surface area (Å²) in [5.41, 5.74) is 2.66. The van der Waals surface area contributed by atoms with Gasteiger partial charge in [-0.05, 0) is 29.3 Å². The second-order valence-electron chi connectivity index (χ2n) is 7.23. The standard InChI is InChI=1S/C24H16O8/c25-21-15-3-1-5-17(19(15)23(27)31-21)29-11-13-7-9-14(10-8-13)12-30-18-6-2-4-16-20(18)24(28)32-22(16)26/h1-10,21,25H,11-12H2. The van der Waals surface area contributed by atoms with Crippen LogP contribution in [0.3, 0.4) is 0 Å². The maximum absolute atomic E-state index is 11.9. The van der Waals surface area contributed by atoms with Crippen LogP contribution in [0.1, 0.15) is 54.1 Å². The van der Waals surface area contributed by atoms with E-state index in [1.54, 1.807) is 30.3 Å². The first kappa shape index (κ1) is 19.8. The number of hydrogen-bond donors (Lipinski definition) is 1. The Morgan fingerprint density at radius 1 is 0.719 bits per heavy atom. The van der Waals surface area contributed by atoms with Gasteiger partial charge in [-0.25, -0.2) is 14.4 Å². The molecule has 2 aliphatic rings. The third kappa shape index (κ3) is 3.46. The van der Waals surface area contributed by atoms with Gasteiger partial charge in [0.1, 0.15) is 35.8 Å². The number of aliphatic hydroxyl groups is 1. The molecule has 0 spiro atoms. The third-order valence-electron chi connectivity index (χ3n) is 5.19. The number of aliphatic hydroxyl groups excluding tert-OH is 1. The second kappa shape index (κ2) is 7.82. The van der Waals surface area contributed by atoms with Gasteiger partial charge in [0.25, 0.3) is 0 Å². The molecule has 0 saturated heterocycles. The van der Waals surface area contributed by atoms with Gasteiger partial charge >= 0.3 is 17.9 Å². The maximum atomic E-state index is 11.9. The minimum Gasteiger partial charge on any atom is -0.488 e. The quantitative estimate of drug-likeness (QED) is 0.467. The predicted octanol–water partition coefficient (Wildman–Crippen LogP) is 3.32. The van der Waals surface area contributed by atoms with Crippen LogP contribution in [0.5, 0.6) is 11.5 Å². The molecule has 3 aromatic rings. The maximum Gasteiger partial charge on any atom is 0.350 e. The van der Waals surface area contributed by atoms with Gasteiger partial charge in [-0.1, -0.05) is 42.5 Å². The number of carbonyl (C=O) groups excluding carboxylic acids is 3. The number of esters is 3. The summed E-state index contributed by atoms with van der Waals surface area (Å²) in [6.07, 6.45) is -1.27. The summed E-state index contributed by atoms with van der Waals surface area (Å²) < 4.78 is 21.0. The molecule has 8 heteroatoms. The molecule has 2 heterocycles. The highest BCUT2D eigenvalue weighted by atomic mass is 16.6. The van der Waals surface area contributed by atoms with Crippen molar-refractivity contribution in [3.8, 4) is 11.5 Å². The SMILES string of the molecule is O=C1OC(=O)c2c(OCc3ccc(COc4cccc5c4C(=O)OC5O)cc3)cccc21. The van der Waals surface area contributed by atoms with E-state index in [-0.39, 0.29) is 35.7 Å². The molecule has 0 saturated carbocycles. The largest absolute Gasteiger partial charge is 0.488 e. The summed E-state index contributed by atoms with van der Waals surface area (Å²) in [6.45, 7) is 0.399. The van der Waals surface area contributed by atoms with Crippen LogP contribution < -0.4 is 9.47 Å². The van der Waals surface area contributed by atoms with Crippen LogP contribution in [-0.4, -0.2) is 23.0 Å². The van der Waals surface area contributed by atoms with Crippen molar-refractivity contribution in [1.82, 2.24) is 0 Å². The molecule has 0 fully saturated rings. The first-order valence-electron chi connectivity index (χ1n) is 9.76. The lowest BCUT2D eigenvalue weighted by Gasteiger charge is -2.11. The fraction of sp³-hybridized carbons (Fsp3) is 0.125. The number of benzene rings is 3. The van der Waals surface area contributed by atoms with Crippen molar-refractivity contribution in [1.29, 1.82) is 0 Å². The van der Waals surface area contributed by atoms with E-state index in [1.807, 2.05) is 24.3 Å². The normalized spacial score (nSPS) is 16.3. The fourth-order valence-electron chi connectivity index (χ4n) is 3.59. The van der Waals surface area contributed by atoms with E-state index in [4.69, 9.17) is 14.2 Å². The van der Waals surface area contributed by atoms with Gasteiger partial charge < -0.3 is 24.1 Å². The summed E-state index contributed by atoms with van der Waals surface area (Å²) in [6, 6.07) is 17.1. The minimum atomic E-state index is -1.27. The Morgan fingerprint density at radius 2 is 1.31 bits per heavy atom. The predicted molar refractivity (Wildman–Crippen MR) is 108 cm³/mol. The molecule has 8 nitrogen and oxygen atoms in total. The molecule has 2 aliphatic heterocycles. The Labute approximate surface area is 181 Å². The highest BCUT2D eigenvalue weighted by Gasteiger charge is 2.33. The minimum absolute atomic E-state index is 0.140. The third-order valence-corrected chi connectivity index (χ3v) is 5.19. The number of rotatable bonds is 6. The molecule has 0 amide bonds. The van der Waals surface area contributed by atoms with Gasteiger partial charge in [-0.2, -0.15) is 0 Å². The topological polar surface area (TPSA) is 108 Å². The van der Waals surface area contributed by atoms with Crippen LogP contribution in [0.25, 0.3) is 0 Å². The number of hydrogen-bond acceptors (Lipinski definition) is 8. The number of carbonyl (C=O) groups is 3. The van der Waals surface area contributed by atoms with Crippen molar-refractivity contribution in [3.05, 3.63) is 94.0 Å². The molecule has 1 atom stereocenters. The van der Waals surface area contributed by atoms with Crippen LogP contribution in [0.4, 0.5) is 0 Å². The Balaban J connectivity index is 1.24. The smallest absolute Gasteiger partial charge is 0.350 e. The molecule has 0 bridgehead atoms. The molecule has 1 unspecified atom stereocenters. The van der Waals surface area contributed by atoms with E-state index in [9.17, 15) is 19.5 Å². The number of ether oxygens (including phenoxy) is 4. The summed E-state index contributed by atoms with van der Waals surface area (Å²) in [7, 11) is 0. The first-order chi connectivity index (χ1) is 15.5. The molecule has 1 N–H and O–H groups in total. The van der Waals surface area contributed by atoms with Gasteiger partial charge in [-0.15, -0.1) is 0 Å². The van der Waals surface area contributed by atoms with Crippen molar-refractivity contribution in [2.24, 2.45) is 0 Å². The van der Waals surface area contributed by atoms with Crippen LogP contribution >= 0.6 is 0 Å². The molecule has 0 aliphatic carbocycles. The first-order valence-corrected chi connectivity index (χ1v) is 9.76. The summed E-state index contributed by atoms with van der Waals surface area (Å²) in [5.74, 6) is -1.37. The van der Waals surface area contributed by atoms with Gasteiger partial charge in [0.2, 0.25) is 6.29 Å². The molecule has 0 radical (unpaired) electrons. The highest BCUT2D eigenvalue weighted by molar-refractivity contribution is 6.16. The molecular formula is C24H16O8. The van der Waals surface area contributed by atoms with E-state index in [0.29, 0.717) is 11.3 Å². The zero-order valence-corrected chi connectivity index (χ0v) is 16.6. The van der Waals surface area contributed by atoms with Crippen LogP contribution in [0, 0.1) is 0 Å². The molecule has 0 aromatic heterocycles. The van der Waals surface area contributed by atoms with Crippen molar-refractivity contribution in [3.63, 3.8) is 0 Å². The Morgan fingerprint density at radius 3 is 1.97 bits per heavy atom. The average molecular weight is 432 g/mol.